The normalized spacial score (nSPS) is 13.1. The molecule has 2 unspecified atom stereocenters. The van der Waals surface area contributed by atoms with Crippen LogP contribution in [-0.4, -0.2) is 34.9 Å². The molecular weight excluding hydrogens is 627 g/mol. The van der Waals surface area contributed by atoms with Crippen LogP contribution in [0.4, 0.5) is 0 Å². The number of unbranched alkanes of at least 4 members (excludes halogenated alkanes) is 33. The van der Waals surface area contributed by atoms with Gasteiger partial charge in [0.2, 0.25) is 5.91 Å². The van der Waals surface area contributed by atoms with Crippen LogP contribution in [0.3, 0.4) is 0 Å². The summed E-state index contributed by atoms with van der Waals surface area (Å²) in [7, 11) is 0. The van der Waals surface area contributed by atoms with E-state index in [1.807, 2.05) is 6.08 Å². The van der Waals surface area contributed by atoms with Crippen molar-refractivity contribution in [2.75, 3.05) is 6.61 Å². The average molecular weight is 718 g/mol. The van der Waals surface area contributed by atoms with Crippen molar-refractivity contribution in [3.63, 3.8) is 0 Å². The molecule has 0 saturated carbocycles. The van der Waals surface area contributed by atoms with Gasteiger partial charge in [-0.15, -0.1) is 0 Å². The largest absolute Gasteiger partial charge is 0.394 e. The fourth-order valence-electron chi connectivity index (χ4n) is 7.14. The second-order valence-corrected chi connectivity index (χ2v) is 15.8. The molecule has 0 bridgehead atoms. The number of hydrogen-bond donors (Lipinski definition) is 3. The van der Waals surface area contributed by atoms with Crippen LogP contribution < -0.4 is 5.32 Å². The van der Waals surface area contributed by atoms with Crippen LogP contribution in [0.1, 0.15) is 251 Å². The van der Waals surface area contributed by atoms with E-state index < -0.39 is 12.1 Å². The summed E-state index contributed by atoms with van der Waals surface area (Å²) in [5, 5.41) is 22.9. The summed E-state index contributed by atoms with van der Waals surface area (Å²) in [6.07, 6.45) is 56.0. The zero-order valence-electron chi connectivity index (χ0n) is 34.6. The Morgan fingerprint density at radius 2 is 0.765 bits per heavy atom. The highest BCUT2D eigenvalue weighted by molar-refractivity contribution is 5.76. The van der Waals surface area contributed by atoms with Crippen molar-refractivity contribution in [2.24, 2.45) is 0 Å². The topological polar surface area (TPSA) is 69.6 Å². The lowest BCUT2D eigenvalue weighted by molar-refractivity contribution is -0.123. The Kier molecular flexibility index (Phi) is 42.3. The van der Waals surface area contributed by atoms with Gasteiger partial charge in [-0.3, -0.25) is 4.79 Å². The molecule has 0 aliphatic carbocycles. The Bertz CT molecular complexity index is 735. The molecule has 302 valence electrons. The summed E-state index contributed by atoms with van der Waals surface area (Å²) in [4.78, 5) is 12.3. The van der Waals surface area contributed by atoms with Crippen LogP contribution >= 0.6 is 0 Å². The minimum absolute atomic E-state index is 0.0734. The van der Waals surface area contributed by atoms with Crippen molar-refractivity contribution in [1.82, 2.24) is 5.32 Å². The highest BCUT2D eigenvalue weighted by Crippen LogP contribution is 2.16. The van der Waals surface area contributed by atoms with Crippen molar-refractivity contribution >= 4 is 5.91 Å². The monoisotopic (exact) mass is 718 g/mol. The van der Waals surface area contributed by atoms with Crippen LogP contribution in [0.5, 0.6) is 0 Å². The third-order valence-corrected chi connectivity index (χ3v) is 10.7. The number of aliphatic hydroxyl groups is 2. The molecule has 0 rings (SSSR count). The summed E-state index contributed by atoms with van der Waals surface area (Å²) in [5.74, 6) is -0.0734. The number of carbonyl (C=O) groups excluding carboxylic acids is 1. The standard InChI is InChI=1S/C47H91NO3/c1-3-5-7-9-11-13-15-16-17-18-19-20-21-22-23-24-25-26-27-28-29-30-31-33-34-36-38-40-42-46(50)45(44-49)48-47(51)43-41-39-37-35-32-14-12-10-8-6-4-2/h33-34,40,42,45-46,49-50H,3-32,35-39,41,43-44H2,1-2H3,(H,48,51)/b34-33+,42-40+. The number of aliphatic hydroxyl groups excluding tert-OH is 2. The van der Waals surface area contributed by atoms with Crippen LogP contribution in [0.25, 0.3) is 0 Å². The quantitative estimate of drug-likeness (QED) is 0.0435. The summed E-state index contributed by atoms with van der Waals surface area (Å²) in [5.41, 5.74) is 0. The minimum Gasteiger partial charge on any atom is -0.394 e. The van der Waals surface area contributed by atoms with E-state index in [1.54, 1.807) is 6.08 Å². The second-order valence-electron chi connectivity index (χ2n) is 15.8. The summed E-state index contributed by atoms with van der Waals surface area (Å²) in [6, 6.07) is -0.633. The van der Waals surface area contributed by atoms with Crippen molar-refractivity contribution in [1.29, 1.82) is 0 Å². The van der Waals surface area contributed by atoms with E-state index >= 15 is 0 Å². The molecule has 0 aromatic rings. The maximum Gasteiger partial charge on any atom is 0.220 e. The van der Waals surface area contributed by atoms with E-state index in [4.69, 9.17) is 0 Å². The van der Waals surface area contributed by atoms with Gasteiger partial charge in [0.15, 0.2) is 0 Å². The number of allylic oxidation sites excluding steroid dienone is 3. The van der Waals surface area contributed by atoms with Gasteiger partial charge in [0.25, 0.3) is 0 Å². The van der Waals surface area contributed by atoms with E-state index in [9.17, 15) is 15.0 Å². The van der Waals surface area contributed by atoms with Crippen molar-refractivity contribution in [2.45, 2.75) is 264 Å². The Morgan fingerprint density at radius 1 is 0.451 bits per heavy atom. The molecule has 0 aromatic carbocycles. The molecule has 0 heterocycles. The summed E-state index contributed by atoms with van der Waals surface area (Å²) >= 11 is 0. The zero-order valence-corrected chi connectivity index (χ0v) is 34.6. The fourth-order valence-corrected chi connectivity index (χ4v) is 7.14. The Balaban J connectivity index is 3.50. The van der Waals surface area contributed by atoms with E-state index in [0.29, 0.717) is 6.42 Å². The van der Waals surface area contributed by atoms with Gasteiger partial charge in [0.1, 0.15) is 0 Å². The molecule has 0 aromatic heterocycles. The molecule has 51 heavy (non-hydrogen) atoms. The SMILES string of the molecule is CCCCCCCCCCCCCCCCCCCCCCCC/C=C/CC/C=C/C(O)C(CO)NC(=O)CCCCCCCCCCCCC. The summed E-state index contributed by atoms with van der Waals surface area (Å²) in [6.45, 7) is 4.30. The lowest BCUT2D eigenvalue weighted by Gasteiger charge is -2.19. The van der Waals surface area contributed by atoms with Gasteiger partial charge in [0.05, 0.1) is 18.8 Å². The molecular formula is C47H91NO3. The fraction of sp³-hybridized carbons (Fsp3) is 0.894. The lowest BCUT2D eigenvalue weighted by atomic mass is 10.0. The molecule has 0 aliphatic heterocycles. The number of hydrogen-bond acceptors (Lipinski definition) is 3. The molecule has 3 N–H and O–H groups in total. The highest BCUT2D eigenvalue weighted by atomic mass is 16.3. The van der Waals surface area contributed by atoms with E-state index in [2.05, 4.69) is 31.3 Å². The Labute approximate surface area is 319 Å². The molecule has 0 fully saturated rings. The van der Waals surface area contributed by atoms with Gasteiger partial charge in [-0.1, -0.05) is 237 Å². The average Bonchev–Trinajstić information content (AvgIpc) is 3.13. The molecule has 2 atom stereocenters. The van der Waals surface area contributed by atoms with Crippen molar-refractivity contribution in [3.05, 3.63) is 24.3 Å². The number of nitrogens with one attached hydrogen (secondary N) is 1. The molecule has 4 nitrogen and oxygen atoms in total. The first-order chi connectivity index (χ1) is 25.2. The first-order valence-electron chi connectivity index (χ1n) is 23.1. The van der Waals surface area contributed by atoms with Gasteiger partial charge in [-0.25, -0.2) is 0 Å². The smallest absolute Gasteiger partial charge is 0.220 e. The predicted molar refractivity (Wildman–Crippen MR) is 225 cm³/mol. The number of rotatable bonds is 42. The molecule has 1 amide bonds. The van der Waals surface area contributed by atoms with Gasteiger partial charge in [0, 0.05) is 6.42 Å². The lowest BCUT2D eigenvalue weighted by Crippen LogP contribution is -2.45. The molecule has 0 radical (unpaired) electrons. The van der Waals surface area contributed by atoms with Gasteiger partial charge >= 0.3 is 0 Å². The number of carbonyl (C=O) groups is 1. The third kappa shape index (κ3) is 39.9. The van der Waals surface area contributed by atoms with E-state index in [1.165, 1.54) is 199 Å². The molecule has 0 aliphatic rings. The van der Waals surface area contributed by atoms with Crippen LogP contribution in [-0.2, 0) is 4.79 Å². The predicted octanol–water partition coefficient (Wildman–Crippen LogP) is 14.4. The maximum atomic E-state index is 12.3. The Hall–Kier alpha value is -1.13. The van der Waals surface area contributed by atoms with Crippen LogP contribution in [0.2, 0.25) is 0 Å². The highest BCUT2D eigenvalue weighted by Gasteiger charge is 2.17. The number of amides is 1. The van der Waals surface area contributed by atoms with Crippen LogP contribution in [0, 0.1) is 0 Å². The van der Waals surface area contributed by atoms with Gasteiger partial charge in [-0.2, -0.15) is 0 Å². The van der Waals surface area contributed by atoms with Gasteiger partial charge in [-0.05, 0) is 32.1 Å². The van der Waals surface area contributed by atoms with E-state index in [0.717, 1.165) is 32.1 Å². The minimum atomic E-state index is -0.857. The molecule has 0 saturated heterocycles. The van der Waals surface area contributed by atoms with E-state index in [-0.39, 0.29) is 12.5 Å². The first kappa shape index (κ1) is 49.9. The van der Waals surface area contributed by atoms with Crippen molar-refractivity contribution < 1.29 is 15.0 Å². The molecule has 0 spiro atoms. The maximum absolute atomic E-state index is 12.3. The van der Waals surface area contributed by atoms with Crippen molar-refractivity contribution in [3.8, 4) is 0 Å². The third-order valence-electron chi connectivity index (χ3n) is 10.7. The zero-order chi connectivity index (χ0) is 37.1. The first-order valence-corrected chi connectivity index (χ1v) is 23.1. The second kappa shape index (κ2) is 43.3. The van der Waals surface area contributed by atoms with Crippen LogP contribution in [0.15, 0.2) is 24.3 Å². The Morgan fingerprint density at radius 3 is 1.14 bits per heavy atom. The summed E-state index contributed by atoms with van der Waals surface area (Å²) < 4.78 is 0. The van der Waals surface area contributed by atoms with Gasteiger partial charge < -0.3 is 15.5 Å². The molecule has 4 heteroatoms.